The van der Waals surface area contributed by atoms with Gasteiger partial charge in [0, 0.05) is 28.9 Å². The van der Waals surface area contributed by atoms with Gasteiger partial charge in [-0.3, -0.25) is 4.21 Å². The van der Waals surface area contributed by atoms with Crippen molar-refractivity contribution in [1.29, 1.82) is 0 Å². The Balaban J connectivity index is 2.15. The van der Waals surface area contributed by atoms with Crippen molar-refractivity contribution in [2.24, 2.45) is 11.8 Å². The van der Waals surface area contributed by atoms with Gasteiger partial charge in [-0.15, -0.1) is 0 Å². The number of rotatable bonds is 6. The van der Waals surface area contributed by atoms with Gasteiger partial charge in [-0.05, 0) is 38.1 Å². The van der Waals surface area contributed by atoms with Gasteiger partial charge >= 0.3 is 0 Å². The maximum absolute atomic E-state index is 11.2. The highest BCUT2D eigenvalue weighted by Crippen LogP contribution is 2.30. The molecular weight excluding hydrogens is 218 g/mol. The first-order chi connectivity index (χ1) is 7.63. The van der Waals surface area contributed by atoms with E-state index in [4.69, 9.17) is 0 Å². The fraction of sp³-hybridized carbons (Fsp3) is 1.00. The summed E-state index contributed by atoms with van der Waals surface area (Å²) in [5.74, 6) is 1.81. The van der Waals surface area contributed by atoms with Crippen molar-refractivity contribution in [3.05, 3.63) is 0 Å². The van der Waals surface area contributed by atoms with Gasteiger partial charge in [0.25, 0.3) is 0 Å². The van der Waals surface area contributed by atoms with E-state index in [9.17, 15) is 4.21 Å². The van der Waals surface area contributed by atoms with Gasteiger partial charge in [-0.2, -0.15) is 0 Å². The molecule has 4 atom stereocenters. The maximum Gasteiger partial charge on any atom is 0.0441 e. The monoisotopic (exact) mass is 245 g/mol. The van der Waals surface area contributed by atoms with Crippen LogP contribution in [0.15, 0.2) is 0 Å². The van der Waals surface area contributed by atoms with Gasteiger partial charge in [-0.25, -0.2) is 0 Å². The zero-order chi connectivity index (χ0) is 12.0. The molecule has 1 aliphatic rings. The van der Waals surface area contributed by atoms with Crippen LogP contribution in [-0.4, -0.2) is 28.8 Å². The normalized spacial score (nSPS) is 29.9. The molecule has 96 valence electrons. The lowest BCUT2D eigenvalue weighted by molar-refractivity contribution is 0.254. The maximum atomic E-state index is 11.2. The number of hydrogen-bond acceptors (Lipinski definition) is 2. The Hall–Kier alpha value is 0.110. The lowest BCUT2D eigenvalue weighted by atomic mass is 9.80. The quantitative estimate of drug-likeness (QED) is 0.779. The predicted octanol–water partition coefficient (Wildman–Crippen LogP) is 2.56. The minimum Gasteiger partial charge on any atom is -0.315 e. The molecule has 4 unspecified atom stereocenters. The van der Waals surface area contributed by atoms with E-state index < -0.39 is 10.8 Å². The summed E-state index contributed by atoms with van der Waals surface area (Å²) >= 11 is 0. The third-order valence-electron chi connectivity index (χ3n) is 3.90. The summed E-state index contributed by atoms with van der Waals surface area (Å²) in [6, 6.07) is 0. The van der Waals surface area contributed by atoms with Crippen LogP contribution in [-0.2, 0) is 10.8 Å². The molecule has 0 aromatic heterocycles. The summed E-state index contributed by atoms with van der Waals surface area (Å²) in [7, 11) is -0.688. The van der Waals surface area contributed by atoms with Crippen molar-refractivity contribution in [3.8, 4) is 0 Å². The second-order valence-corrected chi connectivity index (χ2v) is 7.08. The molecule has 0 bridgehead atoms. The lowest BCUT2D eigenvalue weighted by Crippen LogP contribution is -2.33. The molecule has 1 fully saturated rings. The Kier molecular flexibility index (Phi) is 6.59. The number of hydrogen-bond donors (Lipinski definition) is 1. The Bertz CT molecular complexity index is 220. The molecule has 0 aromatic rings. The van der Waals surface area contributed by atoms with E-state index in [1.54, 1.807) is 6.26 Å². The van der Waals surface area contributed by atoms with Crippen LogP contribution in [0.1, 0.15) is 46.0 Å². The predicted molar refractivity (Wildman–Crippen MR) is 72.1 cm³/mol. The minimum absolute atomic E-state index is 0.283. The zero-order valence-electron chi connectivity index (χ0n) is 11.0. The molecule has 0 saturated heterocycles. The summed E-state index contributed by atoms with van der Waals surface area (Å²) in [6.07, 6.45) is 8.74. The van der Waals surface area contributed by atoms with E-state index in [-0.39, 0.29) is 5.25 Å². The highest BCUT2D eigenvalue weighted by molar-refractivity contribution is 7.84. The SMILES string of the molecule is CCC1CCCC(CNCC(C)S(C)=O)C1. The van der Waals surface area contributed by atoms with Crippen LogP contribution in [0.5, 0.6) is 0 Å². The third-order valence-corrected chi connectivity index (χ3v) is 5.20. The summed E-state index contributed by atoms with van der Waals surface area (Å²) in [6.45, 7) is 6.38. The van der Waals surface area contributed by atoms with Crippen LogP contribution < -0.4 is 5.32 Å². The van der Waals surface area contributed by atoms with Gasteiger partial charge in [0.1, 0.15) is 0 Å². The summed E-state index contributed by atoms with van der Waals surface area (Å²) in [5.41, 5.74) is 0. The largest absolute Gasteiger partial charge is 0.315 e. The molecular formula is C13H27NOS. The fourth-order valence-electron chi connectivity index (χ4n) is 2.57. The fourth-order valence-corrected chi connectivity index (χ4v) is 2.92. The average molecular weight is 245 g/mol. The first-order valence-corrected chi connectivity index (χ1v) is 8.28. The van der Waals surface area contributed by atoms with Crippen molar-refractivity contribution in [3.63, 3.8) is 0 Å². The van der Waals surface area contributed by atoms with Crippen molar-refractivity contribution in [2.75, 3.05) is 19.3 Å². The van der Waals surface area contributed by atoms with E-state index in [1.165, 1.54) is 32.1 Å². The standard InChI is InChI=1S/C13H27NOS/c1-4-12-6-5-7-13(8-12)10-14-9-11(2)16(3)15/h11-14H,4-10H2,1-3H3. The Morgan fingerprint density at radius 3 is 2.69 bits per heavy atom. The van der Waals surface area contributed by atoms with Crippen molar-refractivity contribution >= 4 is 10.8 Å². The second-order valence-electron chi connectivity index (χ2n) is 5.27. The average Bonchev–Trinajstić information content (AvgIpc) is 2.29. The first-order valence-electron chi connectivity index (χ1n) is 6.66. The van der Waals surface area contributed by atoms with Crippen LogP contribution >= 0.6 is 0 Å². The topological polar surface area (TPSA) is 29.1 Å². The van der Waals surface area contributed by atoms with Gasteiger partial charge in [0.15, 0.2) is 0 Å². The van der Waals surface area contributed by atoms with Gasteiger partial charge in [0.05, 0.1) is 0 Å². The summed E-state index contributed by atoms with van der Waals surface area (Å²) in [4.78, 5) is 0. The zero-order valence-corrected chi connectivity index (χ0v) is 11.8. The van der Waals surface area contributed by atoms with Crippen molar-refractivity contribution in [2.45, 2.75) is 51.2 Å². The molecule has 0 radical (unpaired) electrons. The Morgan fingerprint density at radius 1 is 1.38 bits per heavy atom. The van der Waals surface area contributed by atoms with Crippen molar-refractivity contribution < 1.29 is 4.21 Å². The molecule has 16 heavy (non-hydrogen) atoms. The molecule has 1 saturated carbocycles. The third kappa shape index (κ3) is 4.96. The summed E-state index contributed by atoms with van der Waals surface area (Å²) in [5, 5.41) is 3.77. The van der Waals surface area contributed by atoms with Crippen LogP contribution in [0, 0.1) is 11.8 Å². The van der Waals surface area contributed by atoms with E-state index in [1.807, 2.05) is 0 Å². The minimum atomic E-state index is -0.688. The molecule has 0 amide bonds. The second kappa shape index (κ2) is 7.44. The van der Waals surface area contributed by atoms with Crippen LogP contribution in [0.2, 0.25) is 0 Å². The molecule has 1 aliphatic carbocycles. The van der Waals surface area contributed by atoms with E-state index in [0.717, 1.165) is 24.9 Å². The Morgan fingerprint density at radius 2 is 2.06 bits per heavy atom. The van der Waals surface area contributed by atoms with Crippen molar-refractivity contribution in [1.82, 2.24) is 5.32 Å². The molecule has 0 aliphatic heterocycles. The smallest absolute Gasteiger partial charge is 0.0441 e. The number of nitrogens with one attached hydrogen (secondary N) is 1. The van der Waals surface area contributed by atoms with Gasteiger partial charge in [0.2, 0.25) is 0 Å². The van der Waals surface area contributed by atoms with E-state index >= 15 is 0 Å². The Labute approximate surface area is 103 Å². The summed E-state index contributed by atoms with van der Waals surface area (Å²) < 4.78 is 11.2. The van der Waals surface area contributed by atoms with Crippen LogP contribution in [0.4, 0.5) is 0 Å². The van der Waals surface area contributed by atoms with Gasteiger partial charge in [-0.1, -0.05) is 26.2 Å². The van der Waals surface area contributed by atoms with Gasteiger partial charge < -0.3 is 5.32 Å². The molecule has 1 rings (SSSR count). The highest BCUT2D eigenvalue weighted by atomic mass is 32.2. The first kappa shape index (κ1) is 14.2. The molecule has 3 heteroatoms. The highest BCUT2D eigenvalue weighted by Gasteiger charge is 2.20. The van der Waals surface area contributed by atoms with E-state index in [0.29, 0.717) is 0 Å². The van der Waals surface area contributed by atoms with E-state index in [2.05, 4.69) is 19.2 Å². The molecule has 0 heterocycles. The lowest BCUT2D eigenvalue weighted by Gasteiger charge is -2.28. The van der Waals surface area contributed by atoms with Crippen LogP contribution in [0.3, 0.4) is 0 Å². The molecule has 0 spiro atoms. The van der Waals surface area contributed by atoms with Crippen LogP contribution in [0.25, 0.3) is 0 Å². The molecule has 0 aromatic carbocycles. The molecule has 1 N–H and O–H groups in total. The molecule has 2 nitrogen and oxygen atoms in total.